The lowest BCUT2D eigenvalue weighted by Crippen LogP contribution is -2.19. The first-order valence-corrected chi connectivity index (χ1v) is 7.96. The highest BCUT2D eigenvalue weighted by molar-refractivity contribution is 5.72. The Labute approximate surface area is 118 Å². The fourth-order valence-corrected chi connectivity index (χ4v) is 2.10. The van der Waals surface area contributed by atoms with E-state index in [4.69, 9.17) is 4.74 Å². The van der Waals surface area contributed by atoms with E-state index in [1.165, 1.54) is 0 Å². The molecule has 0 spiro atoms. The minimum absolute atomic E-state index is 0.00176. The largest absolute Gasteiger partial charge is 0.465 e. The number of unbranched alkanes of at least 4 members (excludes halogenated alkanes) is 3. The minimum Gasteiger partial charge on any atom is -0.465 e. The predicted molar refractivity (Wildman–Crippen MR) is 77.9 cm³/mol. The van der Waals surface area contributed by atoms with Crippen LogP contribution >= 0.6 is 0 Å². The SMILES string of the molecule is CCCCCC(F)CCOC(=O)C(CC)CCCC. The summed E-state index contributed by atoms with van der Waals surface area (Å²) in [5.41, 5.74) is 0. The third kappa shape index (κ3) is 9.92. The van der Waals surface area contributed by atoms with Crippen LogP contribution < -0.4 is 0 Å². The molecule has 2 atom stereocenters. The molecule has 114 valence electrons. The lowest BCUT2D eigenvalue weighted by molar-refractivity contribution is -0.149. The first-order chi connectivity index (χ1) is 9.15. The zero-order valence-corrected chi connectivity index (χ0v) is 12.9. The van der Waals surface area contributed by atoms with Gasteiger partial charge in [-0.25, -0.2) is 4.39 Å². The van der Waals surface area contributed by atoms with Crippen LogP contribution in [0.3, 0.4) is 0 Å². The van der Waals surface area contributed by atoms with Gasteiger partial charge in [-0.2, -0.15) is 0 Å². The van der Waals surface area contributed by atoms with Gasteiger partial charge in [-0.1, -0.05) is 52.9 Å². The quantitative estimate of drug-likeness (QED) is 0.367. The molecular weight excluding hydrogens is 243 g/mol. The van der Waals surface area contributed by atoms with Gasteiger partial charge in [0.15, 0.2) is 0 Å². The van der Waals surface area contributed by atoms with E-state index in [1.54, 1.807) is 0 Å². The van der Waals surface area contributed by atoms with E-state index in [1.807, 2.05) is 6.92 Å². The summed E-state index contributed by atoms with van der Waals surface area (Å²) in [4.78, 5) is 11.8. The van der Waals surface area contributed by atoms with Crippen LogP contribution in [0.25, 0.3) is 0 Å². The molecule has 0 aliphatic carbocycles. The van der Waals surface area contributed by atoms with Crippen LogP contribution in [-0.2, 0) is 9.53 Å². The highest BCUT2D eigenvalue weighted by Crippen LogP contribution is 2.15. The van der Waals surface area contributed by atoms with Gasteiger partial charge in [0.2, 0.25) is 0 Å². The zero-order chi connectivity index (χ0) is 14.5. The lowest BCUT2D eigenvalue weighted by Gasteiger charge is -2.14. The Bertz CT molecular complexity index is 219. The number of hydrogen-bond acceptors (Lipinski definition) is 2. The molecule has 2 nitrogen and oxygen atoms in total. The third-order valence-corrected chi connectivity index (χ3v) is 3.53. The van der Waals surface area contributed by atoms with Gasteiger partial charge < -0.3 is 4.74 Å². The van der Waals surface area contributed by atoms with Crippen molar-refractivity contribution in [3.05, 3.63) is 0 Å². The first kappa shape index (κ1) is 18.4. The molecule has 0 amide bonds. The molecular formula is C16H31FO2. The Kier molecular flexibility index (Phi) is 12.0. The number of rotatable bonds is 12. The smallest absolute Gasteiger partial charge is 0.308 e. The Morgan fingerprint density at radius 3 is 2.26 bits per heavy atom. The van der Waals surface area contributed by atoms with E-state index in [0.717, 1.165) is 44.9 Å². The van der Waals surface area contributed by atoms with Crippen molar-refractivity contribution >= 4 is 5.97 Å². The van der Waals surface area contributed by atoms with Gasteiger partial charge in [0.1, 0.15) is 6.17 Å². The summed E-state index contributed by atoms with van der Waals surface area (Å²) in [7, 11) is 0. The molecule has 0 aromatic rings. The third-order valence-electron chi connectivity index (χ3n) is 3.53. The minimum atomic E-state index is -0.824. The van der Waals surface area contributed by atoms with Crippen LogP contribution in [0.5, 0.6) is 0 Å². The molecule has 0 saturated heterocycles. The molecule has 0 radical (unpaired) electrons. The van der Waals surface area contributed by atoms with Crippen molar-refractivity contribution in [2.45, 2.75) is 84.7 Å². The second-order valence-corrected chi connectivity index (χ2v) is 5.30. The molecule has 0 saturated carbocycles. The number of halogens is 1. The van der Waals surface area contributed by atoms with Crippen LogP contribution in [0.1, 0.15) is 78.6 Å². The second kappa shape index (κ2) is 12.4. The second-order valence-electron chi connectivity index (χ2n) is 5.30. The van der Waals surface area contributed by atoms with Gasteiger partial charge >= 0.3 is 5.97 Å². The topological polar surface area (TPSA) is 26.3 Å². The molecule has 0 aromatic carbocycles. The number of hydrogen-bond donors (Lipinski definition) is 0. The molecule has 19 heavy (non-hydrogen) atoms. The Hall–Kier alpha value is -0.600. The predicted octanol–water partition coefficient (Wildman–Crippen LogP) is 5.05. The van der Waals surface area contributed by atoms with Crippen molar-refractivity contribution in [1.29, 1.82) is 0 Å². The fraction of sp³-hybridized carbons (Fsp3) is 0.938. The van der Waals surface area contributed by atoms with Gasteiger partial charge in [0, 0.05) is 6.42 Å². The van der Waals surface area contributed by atoms with Gasteiger partial charge in [-0.05, 0) is 19.3 Å². The van der Waals surface area contributed by atoms with Crippen LogP contribution in [0.15, 0.2) is 0 Å². The molecule has 0 bridgehead atoms. The number of carbonyl (C=O) groups is 1. The van der Waals surface area contributed by atoms with Crippen molar-refractivity contribution in [1.82, 2.24) is 0 Å². The van der Waals surface area contributed by atoms with Gasteiger partial charge in [-0.3, -0.25) is 4.79 Å². The van der Waals surface area contributed by atoms with Crippen LogP contribution in [0.2, 0.25) is 0 Å². The molecule has 0 heterocycles. The van der Waals surface area contributed by atoms with Gasteiger partial charge in [0.25, 0.3) is 0 Å². The van der Waals surface area contributed by atoms with Crippen molar-refractivity contribution in [2.75, 3.05) is 6.61 Å². The van der Waals surface area contributed by atoms with E-state index in [-0.39, 0.29) is 18.5 Å². The molecule has 3 heteroatoms. The Morgan fingerprint density at radius 2 is 1.68 bits per heavy atom. The average Bonchev–Trinajstić information content (AvgIpc) is 2.40. The van der Waals surface area contributed by atoms with E-state index < -0.39 is 6.17 Å². The average molecular weight is 274 g/mol. The summed E-state index contributed by atoms with van der Waals surface area (Å²) in [6.45, 7) is 6.46. The number of esters is 1. The number of alkyl halides is 1. The molecule has 0 aliphatic heterocycles. The number of carbonyl (C=O) groups excluding carboxylic acids is 1. The van der Waals surface area contributed by atoms with E-state index in [0.29, 0.717) is 12.8 Å². The van der Waals surface area contributed by atoms with Crippen molar-refractivity contribution in [2.24, 2.45) is 5.92 Å². The van der Waals surface area contributed by atoms with Crippen LogP contribution in [0.4, 0.5) is 4.39 Å². The standard InChI is InChI=1S/C16H31FO2/c1-4-7-9-11-15(17)12-13-19-16(18)14(6-3)10-8-5-2/h14-15H,4-13H2,1-3H3. The van der Waals surface area contributed by atoms with E-state index >= 15 is 0 Å². The summed E-state index contributed by atoms with van der Waals surface area (Å²) in [5.74, 6) is -0.144. The molecule has 0 N–H and O–H groups in total. The number of ether oxygens (including phenoxy) is 1. The molecule has 2 unspecified atom stereocenters. The van der Waals surface area contributed by atoms with Crippen LogP contribution in [-0.4, -0.2) is 18.7 Å². The van der Waals surface area contributed by atoms with E-state index in [9.17, 15) is 9.18 Å². The maximum Gasteiger partial charge on any atom is 0.308 e. The molecule has 0 aliphatic rings. The van der Waals surface area contributed by atoms with Crippen molar-refractivity contribution in [3.8, 4) is 0 Å². The maximum atomic E-state index is 13.5. The van der Waals surface area contributed by atoms with Crippen LogP contribution in [0, 0.1) is 5.92 Å². The van der Waals surface area contributed by atoms with Crippen molar-refractivity contribution < 1.29 is 13.9 Å². The normalized spacial score (nSPS) is 14.1. The van der Waals surface area contributed by atoms with E-state index in [2.05, 4.69) is 13.8 Å². The summed E-state index contributed by atoms with van der Waals surface area (Å²) in [5, 5.41) is 0. The Balaban J connectivity index is 3.70. The first-order valence-electron chi connectivity index (χ1n) is 7.96. The lowest BCUT2D eigenvalue weighted by atomic mass is 10.00. The maximum absolute atomic E-state index is 13.5. The molecule has 0 fully saturated rings. The summed E-state index contributed by atoms with van der Waals surface area (Å²) in [6.07, 6.45) is 7.08. The summed E-state index contributed by atoms with van der Waals surface area (Å²) < 4.78 is 18.7. The highest BCUT2D eigenvalue weighted by Gasteiger charge is 2.17. The zero-order valence-electron chi connectivity index (χ0n) is 12.9. The molecule has 0 rings (SSSR count). The summed E-state index contributed by atoms with van der Waals surface area (Å²) >= 11 is 0. The monoisotopic (exact) mass is 274 g/mol. The van der Waals surface area contributed by atoms with Gasteiger partial charge in [-0.15, -0.1) is 0 Å². The van der Waals surface area contributed by atoms with Crippen molar-refractivity contribution in [3.63, 3.8) is 0 Å². The highest BCUT2D eigenvalue weighted by atomic mass is 19.1. The fourth-order valence-electron chi connectivity index (χ4n) is 2.10. The molecule has 0 aromatic heterocycles. The van der Waals surface area contributed by atoms with Gasteiger partial charge in [0.05, 0.1) is 12.5 Å². The Morgan fingerprint density at radius 1 is 1.00 bits per heavy atom. The summed E-state index contributed by atoms with van der Waals surface area (Å²) in [6, 6.07) is 0.